The minimum atomic E-state index is -3.57. The number of aryl methyl sites for hydroxylation is 2. The van der Waals surface area contributed by atoms with Gasteiger partial charge >= 0.3 is 0 Å². The zero-order valence-corrected chi connectivity index (χ0v) is 14.5. The molecule has 0 aromatic heterocycles. The predicted octanol–water partition coefficient (Wildman–Crippen LogP) is 2.80. The fourth-order valence-electron chi connectivity index (χ4n) is 2.24. The molecule has 0 fully saturated rings. The fourth-order valence-corrected chi connectivity index (χ4v) is 3.59. The highest BCUT2D eigenvalue weighted by Gasteiger charge is 2.17. The van der Waals surface area contributed by atoms with Gasteiger partial charge in [0.1, 0.15) is 0 Å². The molecule has 0 bridgehead atoms. The van der Waals surface area contributed by atoms with E-state index in [4.69, 9.17) is 9.47 Å². The fraction of sp³-hybridized carbons (Fsp3) is 0.294. The first-order valence-electron chi connectivity index (χ1n) is 7.15. The minimum absolute atomic E-state index is 0.177. The van der Waals surface area contributed by atoms with Crippen molar-refractivity contribution in [2.24, 2.45) is 0 Å². The van der Waals surface area contributed by atoms with Crippen molar-refractivity contribution in [3.05, 3.63) is 53.1 Å². The lowest BCUT2D eigenvalue weighted by Gasteiger charge is -2.12. The van der Waals surface area contributed by atoms with Gasteiger partial charge in [0.25, 0.3) is 0 Å². The van der Waals surface area contributed by atoms with E-state index in [0.29, 0.717) is 16.4 Å². The van der Waals surface area contributed by atoms with Crippen molar-refractivity contribution in [1.82, 2.24) is 4.72 Å². The number of hydrogen-bond donors (Lipinski definition) is 1. The summed E-state index contributed by atoms with van der Waals surface area (Å²) in [4.78, 5) is 0.304. The molecule has 2 rings (SSSR count). The largest absolute Gasteiger partial charge is 0.493 e. The molecule has 5 nitrogen and oxygen atoms in total. The normalized spacial score (nSPS) is 11.3. The van der Waals surface area contributed by atoms with Crippen LogP contribution < -0.4 is 14.2 Å². The van der Waals surface area contributed by atoms with Gasteiger partial charge in [-0.25, -0.2) is 13.1 Å². The molecule has 0 atom stereocenters. The van der Waals surface area contributed by atoms with Gasteiger partial charge in [-0.3, -0.25) is 0 Å². The molecule has 23 heavy (non-hydrogen) atoms. The summed E-state index contributed by atoms with van der Waals surface area (Å²) in [6.45, 7) is 3.83. The third-order valence-corrected chi connectivity index (χ3v) is 5.09. The molecule has 0 aliphatic carbocycles. The second kappa shape index (κ2) is 7.02. The first kappa shape index (κ1) is 17.3. The number of sulfonamides is 1. The highest BCUT2D eigenvalue weighted by Crippen LogP contribution is 2.27. The van der Waals surface area contributed by atoms with E-state index in [9.17, 15) is 8.42 Å². The lowest BCUT2D eigenvalue weighted by molar-refractivity contribution is 0.354. The zero-order chi connectivity index (χ0) is 17.0. The van der Waals surface area contributed by atoms with E-state index in [-0.39, 0.29) is 6.54 Å². The van der Waals surface area contributed by atoms with Crippen LogP contribution in [0.15, 0.2) is 41.3 Å². The highest BCUT2D eigenvalue weighted by atomic mass is 32.2. The van der Waals surface area contributed by atoms with Crippen LogP contribution in [-0.4, -0.2) is 22.6 Å². The number of hydrogen-bond acceptors (Lipinski definition) is 4. The predicted molar refractivity (Wildman–Crippen MR) is 89.5 cm³/mol. The van der Waals surface area contributed by atoms with Crippen LogP contribution in [0.25, 0.3) is 0 Å². The summed E-state index contributed by atoms with van der Waals surface area (Å²) in [6.07, 6.45) is 0. The third-order valence-electron chi connectivity index (χ3n) is 3.55. The topological polar surface area (TPSA) is 64.6 Å². The molecule has 0 spiro atoms. The molecule has 0 radical (unpaired) electrons. The van der Waals surface area contributed by atoms with Crippen LogP contribution in [0.5, 0.6) is 11.5 Å². The van der Waals surface area contributed by atoms with E-state index in [1.54, 1.807) is 51.5 Å². The maximum atomic E-state index is 12.5. The van der Waals surface area contributed by atoms with Crippen LogP contribution in [0.4, 0.5) is 0 Å². The smallest absolute Gasteiger partial charge is 0.241 e. The van der Waals surface area contributed by atoms with Crippen molar-refractivity contribution in [3.63, 3.8) is 0 Å². The molecule has 0 unspecified atom stereocenters. The quantitative estimate of drug-likeness (QED) is 0.882. The Morgan fingerprint density at radius 2 is 1.65 bits per heavy atom. The first-order valence-corrected chi connectivity index (χ1v) is 8.63. The number of methoxy groups -OCH3 is 2. The summed E-state index contributed by atoms with van der Waals surface area (Å²) < 4.78 is 38.0. The summed E-state index contributed by atoms with van der Waals surface area (Å²) in [5.41, 5.74) is 2.41. The average Bonchev–Trinajstić information content (AvgIpc) is 2.54. The number of rotatable bonds is 6. The Balaban J connectivity index is 2.21. The Morgan fingerprint density at radius 3 is 2.30 bits per heavy atom. The molecule has 0 saturated carbocycles. The van der Waals surface area contributed by atoms with Gasteiger partial charge in [-0.1, -0.05) is 18.2 Å². The minimum Gasteiger partial charge on any atom is -0.493 e. The lowest BCUT2D eigenvalue weighted by Crippen LogP contribution is -2.24. The molecule has 0 aliphatic rings. The van der Waals surface area contributed by atoms with Crippen LogP contribution in [0.3, 0.4) is 0 Å². The molecule has 6 heteroatoms. The summed E-state index contributed by atoms with van der Waals surface area (Å²) in [6, 6.07) is 10.7. The van der Waals surface area contributed by atoms with Crippen molar-refractivity contribution in [3.8, 4) is 11.5 Å². The van der Waals surface area contributed by atoms with Crippen molar-refractivity contribution in [2.75, 3.05) is 14.2 Å². The SMILES string of the molecule is COc1ccc(CNS(=O)(=O)c2cc(C)ccc2C)cc1OC. The summed E-state index contributed by atoms with van der Waals surface area (Å²) in [5.74, 6) is 1.17. The van der Waals surface area contributed by atoms with Crippen molar-refractivity contribution in [2.45, 2.75) is 25.3 Å². The standard InChI is InChI=1S/C17H21NO4S/c1-12-5-6-13(2)17(9-12)23(19,20)18-11-14-7-8-15(21-3)16(10-14)22-4/h5-10,18H,11H2,1-4H3. The molecule has 2 aromatic rings. The van der Waals surface area contributed by atoms with Crippen LogP contribution in [-0.2, 0) is 16.6 Å². The Bertz CT molecular complexity index is 800. The van der Waals surface area contributed by atoms with E-state index in [1.165, 1.54) is 0 Å². The Morgan fingerprint density at radius 1 is 0.957 bits per heavy atom. The highest BCUT2D eigenvalue weighted by molar-refractivity contribution is 7.89. The van der Waals surface area contributed by atoms with Gasteiger partial charge in [-0.05, 0) is 48.7 Å². The van der Waals surface area contributed by atoms with Gasteiger partial charge in [0, 0.05) is 6.54 Å². The van der Waals surface area contributed by atoms with Crippen LogP contribution >= 0.6 is 0 Å². The Labute approximate surface area is 137 Å². The first-order chi connectivity index (χ1) is 10.9. The number of nitrogens with one attached hydrogen (secondary N) is 1. The second-order valence-electron chi connectivity index (χ2n) is 5.28. The summed E-state index contributed by atoms with van der Waals surface area (Å²) in [5, 5.41) is 0. The van der Waals surface area contributed by atoms with Gasteiger partial charge < -0.3 is 9.47 Å². The van der Waals surface area contributed by atoms with Gasteiger partial charge in [-0.2, -0.15) is 0 Å². The van der Waals surface area contributed by atoms with Gasteiger partial charge in [0.05, 0.1) is 19.1 Å². The van der Waals surface area contributed by atoms with E-state index < -0.39 is 10.0 Å². The van der Waals surface area contributed by atoms with Crippen LogP contribution in [0.1, 0.15) is 16.7 Å². The molecule has 0 heterocycles. The number of ether oxygens (including phenoxy) is 2. The maximum absolute atomic E-state index is 12.5. The Hall–Kier alpha value is -2.05. The Kier molecular flexibility index (Phi) is 5.28. The van der Waals surface area contributed by atoms with Crippen LogP contribution in [0, 0.1) is 13.8 Å². The molecule has 0 saturated heterocycles. The summed E-state index contributed by atoms with van der Waals surface area (Å²) in [7, 11) is -0.469. The molecule has 124 valence electrons. The summed E-state index contributed by atoms with van der Waals surface area (Å²) >= 11 is 0. The molecule has 2 aromatic carbocycles. The van der Waals surface area contributed by atoms with Crippen molar-refractivity contribution < 1.29 is 17.9 Å². The molecular weight excluding hydrogens is 314 g/mol. The van der Waals surface area contributed by atoms with Crippen molar-refractivity contribution in [1.29, 1.82) is 0 Å². The molecule has 1 N–H and O–H groups in total. The lowest BCUT2D eigenvalue weighted by atomic mass is 10.2. The van der Waals surface area contributed by atoms with Gasteiger partial charge in [-0.15, -0.1) is 0 Å². The van der Waals surface area contributed by atoms with E-state index in [1.807, 2.05) is 13.0 Å². The van der Waals surface area contributed by atoms with Crippen LogP contribution in [0.2, 0.25) is 0 Å². The van der Waals surface area contributed by atoms with E-state index in [2.05, 4.69) is 4.72 Å². The number of benzene rings is 2. The molecule has 0 aliphatic heterocycles. The van der Waals surface area contributed by atoms with E-state index in [0.717, 1.165) is 16.7 Å². The molecular formula is C17H21NO4S. The third kappa shape index (κ3) is 4.03. The second-order valence-corrected chi connectivity index (χ2v) is 7.02. The zero-order valence-electron chi connectivity index (χ0n) is 13.7. The van der Waals surface area contributed by atoms with Crippen molar-refractivity contribution >= 4 is 10.0 Å². The van der Waals surface area contributed by atoms with Gasteiger partial charge in [0.15, 0.2) is 11.5 Å². The monoisotopic (exact) mass is 335 g/mol. The molecule has 0 amide bonds. The average molecular weight is 335 g/mol. The van der Waals surface area contributed by atoms with Gasteiger partial charge in [0.2, 0.25) is 10.0 Å². The van der Waals surface area contributed by atoms with E-state index >= 15 is 0 Å². The maximum Gasteiger partial charge on any atom is 0.241 e.